The third-order valence-corrected chi connectivity index (χ3v) is 2.94. The number of hydrogen-bond acceptors (Lipinski definition) is 3. The van der Waals surface area contributed by atoms with Crippen LogP contribution in [0.3, 0.4) is 0 Å². The summed E-state index contributed by atoms with van der Waals surface area (Å²) in [5.74, 6) is 0.689. The Kier molecular flexibility index (Phi) is 5.65. The van der Waals surface area contributed by atoms with Gasteiger partial charge < -0.3 is 15.3 Å². The lowest BCUT2D eigenvalue weighted by atomic mass is 9.95. The van der Waals surface area contributed by atoms with Crippen molar-refractivity contribution in [2.24, 2.45) is 5.92 Å². The Balaban J connectivity index is 2.31. The van der Waals surface area contributed by atoms with Crippen molar-refractivity contribution in [2.75, 3.05) is 32.8 Å². The van der Waals surface area contributed by atoms with Gasteiger partial charge in [-0.1, -0.05) is 6.92 Å². The summed E-state index contributed by atoms with van der Waals surface area (Å²) < 4.78 is 0. The van der Waals surface area contributed by atoms with E-state index in [1.807, 2.05) is 11.8 Å². The number of amides is 1. The van der Waals surface area contributed by atoms with Crippen molar-refractivity contribution in [2.45, 2.75) is 26.2 Å². The summed E-state index contributed by atoms with van der Waals surface area (Å²) in [6, 6.07) is 0. The molecule has 0 bridgehead atoms. The first kappa shape index (κ1) is 12.5. The third kappa shape index (κ3) is 4.18. The van der Waals surface area contributed by atoms with E-state index in [1.54, 1.807) is 0 Å². The van der Waals surface area contributed by atoms with Gasteiger partial charge >= 0.3 is 0 Å². The molecule has 1 atom stereocenters. The van der Waals surface area contributed by atoms with E-state index in [1.165, 1.54) is 0 Å². The highest BCUT2D eigenvalue weighted by atomic mass is 16.3. The number of hydrogen-bond donors (Lipinski definition) is 2. The fourth-order valence-electron chi connectivity index (χ4n) is 2.05. The summed E-state index contributed by atoms with van der Waals surface area (Å²) in [7, 11) is 0. The topological polar surface area (TPSA) is 52.6 Å². The fraction of sp³-hybridized carbons (Fsp3) is 0.909. The van der Waals surface area contributed by atoms with Gasteiger partial charge in [-0.15, -0.1) is 0 Å². The minimum atomic E-state index is 0.194. The van der Waals surface area contributed by atoms with Crippen LogP contribution in [0.25, 0.3) is 0 Å². The molecule has 1 unspecified atom stereocenters. The first-order valence-electron chi connectivity index (χ1n) is 5.87. The number of aliphatic hydroxyl groups excluding tert-OH is 1. The van der Waals surface area contributed by atoms with Crippen LogP contribution in [-0.4, -0.2) is 48.7 Å². The van der Waals surface area contributed by atoms with Gasteiger partial charge in [-0.3, -0.25) is 4.79 Å². The predicted molar refractivity (Wildman–Crippen MR) is 59.6 cm³/mol. The van der Waals surface area contributed by atoms with Crippen molar-refractivity contribution < 1.29 is 9.90 Å². The molecule has 1 amide bonds. The van der Waals surface area contributed by atoms with Gasteiger partial charge in [-0.25, -0.2) is 0 Å². The molecule has 1 aliphatic rings. The SMILES string of the molecule is CCNCC(=O)N1CCCC(CCO)C1. The molecule has 0 spiro atoms. The Morgan fingerprint density at radius 2 is 2.40 bits per heavy atom. The molecule has 0 saturated carbocycles. The zero-order valence-electron chi connectivity index (χ0n) is 9.54. The average molecular weight is 214 g/mol. The highest BCUT2D eigenvalue weighted by Gasteiger charge is 2.22. The summed E-state index contributed by atoms with van der Waals surface area (Å²) in [4.78, 5) is 13.6. The van der Waals surface area contributed by atoms with E-state index in [4.69, 9.17) is 5.11 Å². The maximum absolute atomic E-state index is 11.7. The summed E-state index contributed by atoms with van der Waals surface area (Å²) >= 11 is 0. The van der Waals surface area contributed by atoms with Crippen LogP contribution in [0.15, 0.2) is 0 Å². The van der Waals surface area contributed by atoms with Gasteiger partial charge in [0, 0.05) is 19.7 Å². The molecule has 15 heavy (non-hydrogen) atoms. The zero-order chi connectivity index (χ0) is 11.1. The zero-order valence-corrected chi connectivity index (χ0v) is 9.54. The van der Waals surface area contributed by atoms with Gasteiger partial charge in [0.05, 0.1) is 6.54 Å². The van der Waals surface area contributed by atoms with E-state index in [0.717, 1.165) is 38.9 Å². The maximum atomic E-state index is 11.7. The quantitative estimate of drug-likeness (QED) is 0.688. The van der Waals surface area contributed by atoms with Crippen molar-refractivity contribution in [1.29, 1.82) is 0 Å². The van der Waals surface area contributed by atoms with Crippen LogP contribution >= 0.6 is 0 Å². The van der Waals surface area contributed by atoms with Crippen LogP contribution in [0.2, 0.25) is 0 Å². The number of carbonyl (C=O) groups is 1. The lowest BCUT2D eigenvalue weighted by Crippen LogP contribution is -2.44. The van der Waals surface area contributed by atoms with E-state index in [2.05, 4.69) is 5.32 Å². The Morgan fingerprint density at radius 1 is 1.60 bits per heavy atom. The number of likely N-dealkylation sites (tertiary alicyclic amines) is 1. The first-order chi connectivity index (χ1) is 7.27. The number of nitrogens with zero attached hydrogens (tertiary/aromatic N) is 1. The molecule has 0 aromatic carbocycles. The lowest BCUT2D eigenvalue weighted by molar-refractivity contribution is -0.132. The summed E-state index contributed by atoms with van der Waals surface area (Å²) in [6.07, 6.45) is 3.04. The van der Waals surface area contributed by atoms with Crippen LogP contribution < -0.4 is 5.32 Å². The standard InChI is InChI=1S/C11H22N2O2/c1-2-12-8-11(15)13-6-3-4-10(9-13)5-7-14/h10,12,14H,2-9H2,1H3. The van der Waals surface area contributed by atoms with Crippen molar-refractivity contribution in [3.05, 3.63) is 0 Å². The predicted octanol–water partition coefficient (Wildman–Crippen LogP) is 0.217. The van der Waals surface area contributed by atoms with Crippen LogP contribution in [0, 0.1) is 5.92 Å². The van der Waals surface area contributed by atoms with E-state index < -0.39 is 0 Å². The van der Waals surface area contributed by atoms with Crippen molar-refractivity contribution >= 4 is 5.91 Å². The molecular formula is C11H22N2O2. The van der Waals surface area contributed by atoms with Gasteiger partial charge in [-0.05, 0) is 31.7 Å². The highest BCUT2D eigenvalue weighted by molar-refractivity contribution is 5.78. The van der Waals surface area contributed by atoms with E-state index in [9.17, 15) is 4.79 Å². The minimum Gasteiger partial charge on any atom is -0.396 e. The van der Waals surface area contributed by atoms with E-state index in [0.29, 0.717) is 12.5 Å². The van der Waals surface area contributed by atoms with Crippen molar-refractivity contribution in [1.82, 2.24) is 10.2 Å². The number of piperidine rings is 1. The van der Waals surface area contributed by atoms with Gasteiger partial charge in [0.25, 0.3) is 0 Å². The molecule has 0 aromatic heterocycles. The maximum Gasteiger partial charge on any atom is 0.236 e. The molecule has 1 aliphatic heterocycles. The molecule has 1 rings (SSSR count). The molecule has 88 valence electrons. The van der Waals surface area contributed by atoms with Crippen LogP contribution in [0.1, 0.15) is 26.2 Å². The van der Waals surface area contributed by atoms with Crippen LogP contribution in [0.5, 0.6) is 0 Å². The molecule has 0 aromatic rings. The highest BCUT2D eigenvalue weighted by Crippen LogP contribution is 2.18. The van der Waals surface area contributed by atoms with Gasteiger partial charge in [0.15, 0.2) is 0 Å². The molecule has 2 N–H and O–H groups in total. The molecule has 0 radical (unpaired) electrons. The molecule has 1 saturated heterocycles. The first-order valence-corrected chi connectivity index (χ1v) is 5.87. The monoisotopic (exact) mass is 214 g/mol. The second-order valence-electron chi connectivity index (χ2n) is 4.14. The largest absolute Gasteiger partial charge is 0.396 e. The van der Waals surface area contributed by atoms with Gasteiger partial charge in [0.1, 0.15) is 0 Å². The number of nitrogens with one attached hydrogen (secondary N) is 1. The number of aliphatic hydroxyl groups is 1. The Hall–Kier alpha value is -0.610. The molecule has 1 heterocycles. The molecule has 1 fully saturated rings. The number of likely N-dealkylation sites (N-methyl/N-ethyl adjacent to an activating group) is 1. The summed E-state index contributed by atoms with van der Waals surface area (Å²) in [5.41, 5.74) is 0. The third-order valence-electron chi connectivity index (χ3n) is 2.94. The Bertz CT molecular complexity index is 195. The molecular weight excluding hydrogens is 192 g/mol. The van der Waals surface area contributed by atoms with Gasteiger partial charge in [-0.2, -0.15) is 0 Å². The molecule has 0 aliphatic carbocycles. The lowest BCUT2D eigenvalue weighted by Gasteiger charge is -2.32. The van der Waals surface area contributed by atoms with Crippen molar-refractivity contribution in [3.63, 3.8) is 0 Å². The number of rotatable bonds is 5. The minimum absolute atomic E-state index is 0.194. The Morgan fingerprint density at radius 3 is 3.07 bits per heavy atom. The summed E-state index contributed by atoms with van der Waals surface area (Å²) in [6.45, 7) is 5.22. The average Bonchev–Trinajstić information content (AvgIpc) is 2.27. The van der Waals surface area contributed by atoms with E-state index >= 15 is 0 Å². The van der Waals surface area contributed by atoms with E-state index in [-0.39, 0.29) is 12.5 Å². The molecule has 4 heteroatoms. The van der Waals surface area contributed by atoms with Gasteiger partial charge in [0.2, 0.25) is 5.91 Å². The normalized spacial score (nSPS) is 21.7. The second kappa shape index (κ2) is 6.80. The smallest absolute Gasteiger partial charge is 0.236 e. The second-order valence-corrected chi connectivity index (χ2v) is 4.14. The summed E-state index contributed by atoms with van der Waals surface area (Å²) in [5, 5.41) is 11.9. The molecule has 4 nitrogen and oxygen atoms in total. The van der Waals surface area contributed by atoms with Crippen LogP contribution in [0.4, 0.5) is 0 Å². The number of carbonyl (C=O) groups excluding carboxylic acids is 1. The van der Waals surface area contributed by atoms with Crippen molar-refractivity contribution in [3.8, 4) is 0 Å². The van der Waals surface area contributed by atoms with Crippen LogP contribution in [-0.2, 0) is 4.79 Å². The Labute approximate surface area is 91.6 Å². The fourth-order valence-corrected chi connectivity index (χ4v) is 2.05.